The normalized spacial score (nSPS) is 10.4. The first-order chi connectivity index (χ1) is 10.4. The lowest BCUT2D eigenvalue weighted by Crippen LogP contribution is -2.21. The van der Waals surface area contributed by atoms with Crippen molar-refractivity contribution in [2.24, 2.45) is 0 Å². The molecule has 22 heavy (non-hydrogen) atoms. The lowest BCUT2D eigenvalue weighted by Gasteiger charge is -2.13. The van der Waals surface area contributed by atoms with Crippen LogP contribution in [0.5, 0.6) is 5.75 Å². The van der Waals surface area contributed by atoms with Crippen LogP contribution in [0.3, 0.4) is 0 Å². The monoisotopic (exact) mass is 317 g/mol. The fourth-order valence-corrected chi connectivity index (χ4v) is 2.47. The number of nitrogens with one attached hydrogen (secondary N) is 1. The van der Waals surface area contributed by atoms with Gasteiger partial charge < -0.3 is 10.1 Å². The van der Waals surface area contributed by atoms with Gasteiger partial charge in [-0.2, -0.15) is 0 Å². The highest BCUT2D eigenvalue weighted by molar-refractivity contribution is 6.30. The highest BCUT2D eigenvalue weighted by Crippen LogP contribution is 2.23. The standard InChI is InChI=1S/C18H20ClNO2/c1-11-7-12(2)14(4)17(8-11)22-10-18(21)20-16-6-5-15(19)9-13(16)3/h5-9H,10H2,1-4H3,(H,20,21). The summed E-state index contributed by atoms with van der Waals surface area (Å²) < 4.78 is 5.66. The van der Waals surface area contributed by atoms with Crippen molar-refractivity contribution < 1.29 is 9.53 Å². The first kappa shape index (κ1) is 16.4. The summed E-state index contributed by atoms with van der Waals surface area (Å²) in [5, 5.41) is 3.48. The number of benzene rings is 2. The van der Waals surface area contributed by atoms with Gasteiger partial charge >= 0.3 is 0 Å². The second-order valence-corrected chi connectivity index (χ2v) is 5.94. The van der Waals surface area contributed by atoms with Gasteiger partial charge in [-0.05, 0) is 74.2 Å². The van der Waals surface area contributed by atoms with E-state index in [1.54, 1.807) is 12.1 Å². The van der Waals surface area contributed by atoms with Gasteiger partial charge in [0.05, 0.1) is 0 Å². The predicted molar refractivity (Wildman–Crippen MR) is 91.0 cm³/mol. The Hall–Kier alpha value is -2.00. The number of hydrogen-bond donors (Lipinski definition) is 1. The summed E-state index contributed by atoms with van der Waals surface area (Å²) in [6.07, 6.45) is 0. The van der Waals surface area contributed by atoms with Gasteiger partial charge in [0.15, 0.2) is 6.61 Å². The van der Waals surface area contributed by atoms with Crippen molar-refractivity contribution >= 4 is 23.2 Å². The molecule has 2 aromatic carbocycles. The molecule has 0 fully saturated rings. The Balaban J connectivity index is 2.01. The van der Waals surface area contributed by atoms with Gasteiger partial charge in [-0.3, -0.25) is 4.79 Å². The van der Waals surface area contributed by atoms with Gasteiger partial charge in [-0.15, -0.1) is 0 Å². The van der Waals surface area contributed by atoms with E-state index in [1.807, 2.05) is 39.8 Å². The quantitative estimate of drug-likeness (QED) is 0.895. The number of hydrogen-bond acceptors (Lipinski definition) is 2. The van der Waals surface area contributed by atoms with E-state index in [0.29, 0.717) is 5.02 Å². The zero-order valence-corrected chi connectivity index (χ0v) is 14.0. The van der Waals surface area contributed by atoms with E-state index in [0.717, 1.165) is 33.7 Å². The zero-order chi connectivity index (χ0) is 16.3. The Labute approximate surface area is 136 Å². The lowest BCUT2D eigenvalue weighted by atomic mass is 10.1. The molecule has 0 radical (unpaired) electrons. The number of amides is 1. The maximum atomic E-state index is 12.0. The Morgan fingerprint density at radius 3 is 2.50 bits per heavy atom. The van der Waals surface area contributed by atoms with E-state index < -0.39 is 0 Å². The molecule has 0 aliphatic heterocycles. The van der Waals surface area contributed by atoms with Crippen LogP contribution in [-0.2, 0) is 4.79 Å². The van der Waals surface area contributed by atoms with Crippen LogP contribution in [0.25, 0.3) is 0 Å². The summed E-state index contributed by atoms with van der Waals surface area (Å²) in [7, 11) is 0. The number of anilines is 1. The number of rotatable bonds is 4. The van der Waals surface area contributed by atoms with Crippen molar-refractivity contribution in [3.63, 3.8) is 0 Å². The molecule has 0 aromatic heterocycles. The summed E-state index contributed by atoms with van der Waals surface area (Å²) in [4.78, 5) is 12.0. The van der Waals surface area contributed by atoms with Crippen LogP contribution in [0.2, 0.25) is 5.02 Å². The Morgan fingerprint density at radius 1 is 1.09 bits per heavy atom. The average molecular weight is 318 g/mol. The minimum atomic E-state index is -0.191. The van der Waals surface area contributed by atoms with Crippen molar-refractivity contribution in [2.45, 2.75) is 27.7 Å². The molecule has 0 aliphatic rings. The molecule has 1 N–H and O–H groups in total. The Kier molecular flexibility index (Phi) is 5.09. The van der Waals surface area contributed by atoms with Gasteiger partial charge in [0.2, 0.25) is 0 Å². The summed E-state index contributed by atoms with van der Waals surface area (Å²) in [5.41, 5.74) is 5.00. The van der Waals surface area contributed by atoms with Crippen LogP contribution < -0.4 is 10.1 Å². The van der Waals surface area contributed by atoms with E-state index >= 15 is 0 Å². The molecule has 1 amide bonds. The molecule has 0 spiro atoms. The van der Waals surface area contributed by atoms with Gasteiger partial charge in [0.25, 0.3) is 5.91 Å². The van der Waals surface area contributed by atoms with Crippen LogP contribution in [0.4, 0.5) is 5.69 Å². The summed E-state index contributed by atoms with van der Waals surface area (Å²) >= 11 is 5.90. The third kappa shape index (κ3) is 4.01. The minimum absolute atomic E-state index is 0.0220. The van der Waals surface area contributed by atoms with Gasteiger partial charge in [-0.25, -0.2) is 0 Å². The predicted octanol–water partition coefficient (Wildman–Crippen LogP) is 4.59. The summed E-state index contributed by atoms with van der Waals surface area (Å²) in [6, 6.07) is 9.39. The molecular weight excluding hydrogens is 298 g/mol. The molecule has 0 bridgehead atoms. The smallest absolute Gasteiger partial charge is 0.262 e. The van der Waals surface area contributed by atoms with Crippen LogP contribution in [-0.4, -0.2) is 12.5 Å². The molecule has 116 valence electrons. The maximum absolute atomic E-state index is 12.0. The summed E-state index contributed by atoms with van der Waals surface area (Å²) in [6.45, 7) is 7.91. The first-order valence-electron chi connectivity index (χ1n) is 7.13. The van der Waals surface area contributed by atoms with Crippen LogP contribution in [0, 0.1) is 27.7 Å². The molecule has 0 saturated carbocycles. The average Bonchev–Trinajstić information content (AvgIpc) is 2.44. The molecule has 0 atom stereocenters. The van der Waals surface area contributed by atoms with E-state index in [9.17, 15) is 4.79 Å². The molecule has 0 saturated heterocycles. The van der Waals surface area contributed by atoms with Crippen molar-refractivity contribution in [1.82, 2.24) is 0 Å². The van der Waals surface area contributed by atoms with Crippen molar-refractivity contribution in [2.75, 3.05) is 11.9 Å². The SMILES string of the molecule is Cc1cc(C)c(C)c(OCC(=O)Nc2ccc(Cl)cc2C)c1. The molecule has 4 heteroatoms. The van der Waals surface area contributed by atoms with E-state index in [1.165, 1.54) is 0 Å². The van der Waals surface area contributed by atoms with E-state index in [4.69, 9.17) is 16.3 Å². The second-order valence-electron chi connectivity index (χ2n) is 5.50. The van der Waals surface area contributed by atoms with Gasteiger partial charge in [0.1, 0.15) is 5.75 Å². The minimum Gasteiger partial charge on any atom is -0.483 e. The lowest BCUT2D eigenvalue weighted by molar-refractivity contribution is -0.118. The largest absolute Gasteiger partial charge is 0.483 e. The van der Waals surface area contributed by atoms with Crippen molar-refractivity contribution in [3.05, 3.63) is 57.6 Å². The van der Waals surface area contributed by atoms with Crippen LogP contribution >= 0.6 is 11.6 Å². The Morgan fingerprint density at radius 2 is 1.82 bits per heavy atom. The number of carbonyl (C=O) groups is 1. The van der Waals surface area contributed by atoms with Crippen molar-refractivity contribution in [1.29, 1.82) is 0 Å². The Bertz CT molecular complexity index is 710. The summed E-state index contributed by atoms with van der Waals surface area (Å²) in [5.74, 6) is 0.560. The number of aryl methyl sites for hydroxylation is 3. The molecule has 2 aromatic rings. The molecule has 2 rings (SSSR count). The fraction of sp³-hybridized carbons (Fsp3) is 0.278. The highest BCUT2D eigenvalue weighted by Gasteiger charge is 2.09. The zero-order valence-electron chi connectivity index (χ0n) is 13.3. The van der Waals surface area contributed by atoms with Crippen LogP contribution in [0.1, 0.15) is 22.3 Å². The molecular formula is C18H20ClNO2. The van der Waals surface area contributed by atoms with Crippen LogP contribution in [0.15, 0.2) is 30.3 Å². The molecule has 3 nitrogen and oxygen atoms in total. The fourth-order valence-electron chi connectivity index (χ4n) is 2.25. The van der Waals surface area contributed by atoms with Crippen molar-refractivity contribution in [3.8, 4) is 5.75 Å². The maximum Gasteiger partial charge on any atom is 0.262 e. The number of ether oxygens (including phenoxy) is 1. The molecule has 0 heterocycles. The van der Waals surface area contributed by atoms with E-state index in [2.05, 4.69) is 11.4 Å². The van der Waals surface area contributed by atoms with Gasteiger partial charge in [-0.1, -0.05) is 17.7 Å². The molecule has 0 aliphatic carbocycles. The first-order valence-corrected chi connectivity index (χ1v) is 7.51. The third-order valence-corrected chi connectivity index (χ3v) is 3.82. The number of carbonyl (C=O) groups excluding carboxylic acids is 1. The molecule has 0 unspecified atom stereocenters. The second kappa shape index (κ2) is 6.84. The third-order valence-electron chi connectivity index (χ3n) is 3.59. The highest BCUT2D eigenvalue weighted by atomic mass is 35.5. The number of halogens is 1. The van der Waals surface area contributed by atoms with E-state index in [-0.39, 0.29) is 12.5 Å². The van der Waals surface area contributed by atoms with Gasteiger partial charge in [0, 0.05) is 10.7 Å². The topological polar surface area (TPSA) is 38.3 Å².